The molecule has 0 saturated carbocycles. The van der Waals surface area contributed by atoms with Crippen molar-refractivity contribution in [2.24, 2.45) is 11.5 Å². The van der Waals surface area contributed by atoms with Crippen LogP contribution in [0, 0.1) is 0 Å². The fourth-order valence-electron chi connectivity index (χ4n) is 3.57. The number of halogens is 3. The largest absolute Gasteiger partial charge is 0.407 e. The predicted octanol–water partition coefficient (Wildman–Crippen LogP) is 3.83. The van der Waals surface area contributed by atoms with Crippen molar-refractivity contribution in [3.05, 3.63) is 82.4 Å². The first-order valence-electron chi connectivity index (χ1n) is 10.1. The van der Waals surface area contributed by atoms with Gasteiger partial charge in [0.05, 0.1) is 5.69 Å². The van der Waals surface area contributed by atoms with Crippen molar-refractivity contribution >= 4 is 11.0 Å². The Morgan fingerprint density at radius 3 is 2.53 bits per heavy atom. The fraction of sp³-hybridized carbons (Fsp3) is 0.217. The van der Waals surface area contributed by atoms with Crippen molar-refractivity contribution < 1.29 is 13.2 Å². The second-order valence-electron chi connectivity index (χ2n) is 7.58. The highest BCUT2D eigenvalue weighted by Crippen LogP contribution is 2.31. The zero-order valence-corrected chi connectivity index (χ0v) is 17.1. The van der Waals surface area contributed by atoms with Gasteiger partial charge in [0.1, 0.15) is 11.7 Å². The Labute approximate surface area is 181 Å². The van der Waals surface area contributed by atoms with E-state index in [-0.39, 0.29) is 5.56 Å². The molecule has 0 saturated heterocycles. The molecule has 4 aromatic rings. The number of fused-ring (bicyclic) bond motifs is 1. The van der Waals surface area contributed by atoms with Crippen LogP contribution in [0.25, 0.3) is 28.0 Å². The third-order valence-corrected chi connectivity index (χ3v) is 5.30. The van der Waals surface area contributed by atoms with Crippen molar-refractivity contribution in [3.63, 3.8) is 0 Å². The van der Waals surface area contributed by atoms with Gasteiger partial charge in [-0.3, -0.25) is 4.57 Å². The number of aromatic amines is 1. The molecule has 1 unspecified atom stereocenters. The molecule has 0 spiro atoms. The summed E-state index contributed by atoms with van der Waals surface area (Å²) in [4.78, 5) is 19.8. The van der Waals surface area contributed by atoms with Crippen molar-refractivity contribution in [3.8, 4) is 16.9 Å². The molecular weight excluding hydrogens is 419 g/mol. The van der Waals surface area contributed by atoms with E-state index in [1.54, 1.807) is 6.20 Å². The molecule has 0 aliphatic rings. The van der Waals surface area contributed by atoms with Gasteiger partial charge in [-0.1, -0.05) is 30.3 Å². The SMILES string of the molecule is NCCCc1cccc(-c2cc3cn(-c4ccc(C(N)C(F)(F)F)cc4)c(=O)nc3[nH]2)c1. The van der Waals surface area contributed by atoms with E-state index >= 15 is 0 Å². The Kier molecular flexibility index (Phi) is 5.86. The molecule has 0 amide bonds. The first kappa shape index (κ1) is 21.8. The molecule has 0 fully saturated rings. The Hall–Kier alpha value is -3.43. The maximum atomic E-state index is 12.8. The van der Waals surface area contributed by atoms with E-state index in [9.17, 15) is 18.0 Å². The molecule has 6 nitrogen and oxygen atoms in total. The maximum absolute atomic E-state index is 12.8. The second kappa shape index (κ2) is 8.60. The molecule has 4 rings (SSSR count). The van der Waals surface area contributed by atoms with Crippen LogP contribution in [0.5, 0.6) is 0 Å². The summed E-state index contributed by atoms with van der Waals surface area (Å²) < 4.78 is 39.8. The Balaban J connectivity index is 1.67. The van der Waals surface area contributed by atoms with Gasteiger partial charge >= 0.3 is 11.9 Å². The average molecular weight is 441 g/mol. The van der Waals surface area contributed by atoms with Gasteiger partial charge in [0.15, 0.2) is 0 Å². The topological polar surface area (TPSA) is 103 Å². The normalized spacial score (nSPS) is 12.9. The number of nitrogens with zero attached hydrogens (tertiary/aromatic N) is 2. The Morgan fingerprint density at radius 2 is 1.84 bits per heavy atom. The third kappa shape index (κ3) is 4.44. The van der Waals surface area contributed by atoms with Crippen LogP contribution >= 0.6 is 0 Å². The van der Waals surface area contributed by atoms with Gasteiger partial charge in [-0.15, -0.1) is 0 Å². The molecule has 0 bridgehead atoms. The molecule has 5 N–H and O–H groups in total. The van der Waals surface area contributed by atoms with E-state index < -0.39 is 17.9 Å². The molecule has 0 radical (unpaired) electrons. The maximum Gasteiger partial charge on any atom is 0.407 e. The Morgan fingerprint density at radius 1 is 1.09 bits per heavy atom. The summed E-state index contributed by atoms with van der Waals surface area (Å²) in [5.41, 5.74) is 14.0. The molecule has 0 aliphatic carbocycles. The van der Waals surface area contributed by atoms with Crippen molar-refractivity contribution in [1.82, 2.24) is 14.5 Å². The summed E-state index contributed by atoms with van der Waals surface area (Å²) in [5.74, 6) is 0. The minimum Gasteiger partial charge on any atom is -0.339 e. The van der Waals surface area contributed by atoms with Gasteiger partial charge < -0.3 is 16.5 Å². The molecule has 166 valence electrons. The molecule has 2 aromatic heterocycles. The summed E-state index contributed by atoms with van der Waals surface area (Å²) in [6.07, 6.45) is -1.16. The van der Waals surface area contributed by atoms with Gasteiger partial charge in [-0.2, -0.15) is 18.2 Å². The lowest BCUT2D eigenvalue weighted by molar-refractivity contribution is -0.149. The monoisotopic (exact) mass is 441 g/mol. The fourth-order valence-corrected chi connectivity index (χ4v) is 3.57. The van der Waals surface area contributed by atoms with Gasteiger partial charge in [-0.25, -0.2) is 4.79 Å². The lowest BCUT2D eigenvalue weighted by Crippen LogP contribution is -2.28. The van der Waals surface area contributed by atoms with Crippen molar-refractivity contribution in [2.45, 2.75) is 25.1 Å². The summed E-state index contributed by atoms with van der Waals surface area (Å²) in [6, 6.07) is 13.2. The van der Waals surface area contributed by atoms with E-state index in [1.165, 1.54) is 28.8 Å². The Bertz CT molecular complexity index is 1290. The van der Waals surface area contributed by atoms with E-state index in [4.69, 9.17) is 11.5 Å². The molecule has 1 atom stereocenters. The highest BCUT2D eigenvalue weighted by Gasteiger charge is 2.37. The number of H-pyrrole nitrogens is 1. The van der Waals surface area contributed by atoms with Crippen molar-refractivity contribution in [2.75, 3.05) is 6.54 Å². The first-order chi connectivity index (χ1) is 15.3. The van der Waals surface area contributed by atoms with Crippen LogP contribution in [0.1, 0.15) is 23.6 Å². The quantitative estimate of drug-likeness (QED) is 0.423. The lowest BCUT2D eigenvalue weighted by atomic mass is 10.0. The highest BCUT2D eigenvalue weighted by atomic mass is 19.4. The molecule has 32 heavy (non-hydrogen) atoms. The van der Waals surface area contributed by atoms with E-state index in [0.717, 1.165) is 29.7 Å². The number of nitrogens with one attached hydrogen (secondary N) is 1. The van der Waals surface area contributed by atoms with Crippen molar-refractivity contribution in [1.29, 1.82) is 0 Å². The lowest BCUT2D eigenvalue weighted by Gasteiger charge is -2.16. The minimum atomic E-state index is -4.54. The predicted molar refractivity (Wildman–Crippen MR) is 117 cm³/mol. The van der Waals surface area contributed by atoms with Crippen LogP contribution in [-0.2, 0) is 6.42 Å². The van der Waals surface area contributed by atoms with Gasteiger partial charge in [0.25, 0.3) is 0 Å². The number of hydrogen-bond donors (Lipinski definition) is 3. The zero-order valence-electron chi connectivity index (χ0n) is 17.1. The number of aromatic nitrogens is 3. The van der Waals surface area contributed by atoms with Crippen LogP contribution in [0.3, 0.4) is 0 Å². The second-order valence-corrected chi connectivity index (χ2v) is 7.58. The minimum absolute atomic E-state index is 0.0817. The summed E-state index contributed by atoms with van der Waals surface area (Å²) in [5, 5.41) is 0.697. The van der Waals surface area contributed by atoms with Crippen LogP contribution in [-0.4, -0.2) is 27.3 Å². The number of benzene rings is 2. The number of aryl methyl sites for hydroxylation is 1. The molecular formula is C23H22F3N5O. The molecule has 2 aromatic carbocycles. The highest BCUT2D eigenvalue weighted by molar-refractivity contribution is 5.82. The third-order valence-electron chi connectivity index (χ3n) is 5.30. The average Bonchev–Trinajstić information content (AvgIpc) is 3.19. The van der Waals surface area contributed by atoms with E-state index in [1.807, 2.05) is 24.3 Å². The number of rotatable bonds is 6. The van der Waals surface area contributed by atoms with E-state index in [2.05, 4.69) is 16.0 Å². The standard InChI is InChI=1S/C23H22F3N5O/c24-23(25,26)20(28)15-6-8-18(9-7-15)31-13-17-12-19(29-21(17)30-22(31)32)16-5-1-3-14(11-16)4-2-10-27/h1,3,5-9,11-13,20H,2,4,10,27-28H2,(H,29,30,32). The molecule has 9 heteroatoms. The van der Waals surface area contributed by atoms with Gasteiger partial charge in [-0.05, 0) is 60.3 Å². The number of nitrogens with two attached hydrogens (primary N) is 2. The summed E-state index contributed by atoms with van der Waals surface area (Å²) >= 11 is 0. The van der Waals surface area contributed by atoms with Gasteiger partial charge in [0, 0.05) is 17.3 Å². The van der Waals surface area contributed by atoms with Crippen LogP contribution in [0.15, 0.2) is 65.6 Å². The molecule has 0 aliphatic heterocycles. The van der Waals surface area contributed by atoms with Crippen LogP contribution < -0.4 is 17.2 Å². The first-order valence-corrected chi connectivity index (χ1v) is 10.1. The molecule has 2 heterocycles. The number of hydrogen-bond acceptors (Lipinski definition) is 4. The zero-order chi connectivity index (χ0) is 22.9. The number of alkyl halides is 3. The van der Waals surface area contributed by atoms with Crippen LogP contribution in [0.4, 0.5) is 13.2 Å². The smallest absolute Gasteiger partial charge is 0.339 e. The summed E-state index contributed by atoms with van der Waals surface area (Å²) in [6.45, 7) is 0.621. The van der Waals surface area contributed by atoms with Gasteiger partial charge in [0.2, 0.25) is 0 Å². The summed E-state index contributed by atoms with van der Waals surface area (Å²) in [7, 11) is 0. The van der Waals surface area contributed by atoms with E-state index in [0.29, 0.717) is 23.3 Å². The van der Waals surface area contributed by atoms with Crippen LogP contribution in [0.2, 0.25) is 0 Å².